The van der Waals surface area contributed by atoms with Crippen molar-refractivity contribution in [1.82, 2.24) is 9.88 Å². The molecule has 2 aromatic carbocycles. The molecule has 3 aromatic rings. The first-order valence-corrected chi connectivity index (χ1v) is 19.7. The minimum Gasteiger partial charge on any atom is -0.490 e. The number of halogens is 1. The standard InChI is InChI=1S/C39H49ClN2O10S/c40-31-11-10-27(53-21-5-1-4-16-42(17-19-49-20-18-43)37(47)36-34(45)33(44)35(46)38(48)52-36)22-25(31)24-50-39(13-14-39)30-23-41-15-12-28(30)29-6-2-3-7-32(29)51-26-8-9-26/h2-3,6-7,10-12,15,22-23,26,33-36,38,43-46,48H,1,4-5,8-9,13-14,16-21,24H2/t33-,34-,35+,36-,38?/m0/s1. The van der Waals surface area contributed by atoms with E-state index in [0.717, 1.165) is 77.2 Å². The van der Waals surface area contributed by atoms with Gasteiger partial charge < -0.3 is 49.4 Å². The van der Waals surface area contributed by atoms with Crippen LogP contribution >= 0.6 is 23.4 Å². The summed E-state index contributed by atoms with van der Waals surface area (Å²) >= 11 is 8.37. The summed E-state index contributed by atoms with van der Waals surface area (Å²) in [4.78, 5) is 20.3. The van der Waals surface area contributed by atoms with Crippen LogP contribution in [0.3, 0.4) is 0 Å². The highest BCUT2D eigenvalue weighted by atomic mass is 35.5. The number of aliphatic hydroxyl groups excluding tert-OH is 5. The minimum atomic E-state index is -1.81. The number of thioether (sulfide) groups is 1. The molecule has 2 heterocycles. The second-order valence-electron chi connectivity index (χ2n) is 13.8. The minimum absolute atomic E-state index is 0.113. The summed E-state index contributed by atoms with van der Waals surface area (Å²) in [5.41, 5.74) is 3.66. The van der Waals surface area contributed by atoms with E-state index in [2.05, 4.69) is 17.1 Å². The molecule has 2 aliphatic carbocycles. The summed E-state index contributed by atoms with van der Waals surface area (Å²) in [6.45, 7) is 0.954. The van der Waals surface area contributed by atoms with Crippen LogP contribution in [0.15, 0.2) is 65.8 Å². The molecule has 1 aromatic heterocycles. The zero-order valence-corrected chi connectivity index (χ0v) is 31.2. The summed E-state index contributed by atoms with van der Waals surface area (Å²) in [7, 11) is 0. The predicted octanol–water partition coefficient (Wildman–Crippen LogP) is 4.05. The van der Waals surface area contributed by atoms with E-state index < -0.39 is 42.2 Å². The lowest BCUT2D eigenvalue weighted by Gasteiger charge is -2.39. The average molecular weight is 773 g/mol. The van der Waals surface area contributed by atoms with Gasteiger partial charge in [0.1, 0.15) is 24.1 Å². The van der Waals surface area contributed by atoms with Crippen LogP contribution in [-0.4, -0.2) is 117 Å². The molecule has 1 saturated heterocycles. The van der Waals surface area contributed by atoms with Gasteiger partial charge in [-0.1, -0.05) is 36.2 Å². The van der Waals surface area contributed by atoms with Crippen LogP contribution in [0.1, 0.15) is 56.1 Å². The van der Waals surface area contributed by atoms with Crippen LogP contribution in [0.2, 0.25) is 5.02 Å². The summed E-state index contributed by atoms with van der Waals surface area (Å²) < 4.78 is 23.4. The maximum atomic E-state index is 13.3. The maximum absolute atomic E-state index is 13.3. The number of rotatable bonds is 20. The molecule has 6 rings (SSSR count). The second kappa shape index (κ2) is 18.7. The third-order valence-electron chi connectivity index (χ3n) is 9.76. The van der Waals surface area contributed by atoms with Crippen molar-refractivity contribution in [3.8, 4) is 16.9 Å². The number of aromatic nitrogens is 1. The lowest BCUT2D eigenvalue weighted by atomic mass is 9.96. The average Bonchev–Trinajstić information content (AvgIpc) is 4.12. The summed E-state index contributed by atoms with van der Waals surface area (Å²) in [6.07, 6.45) is 1.79. The van der Waals surface area contributed by atoms with Crippen LogP contribution < -0.4 is 4.74 Å². The Balaban J connectivity index is 1.000. The number of carbonyl (C=O) groups excluding carboxylic acids is 1. The molecule has 3 aliphatic rings. The number of carbonyl (C=O) groups is 1. The number of aliphatic hydroxyl groups is 5. The van der Waals surface area contributed by atoms with Gasteiger partial charge >= 0.3 is 0 Å². The van der Waals surface area contributed by atoms with Crippen LogP contribution in [-0.2, 0) is 31.2 Å². The van der Waals surface area contributed by atoms with Gasteiger partial charge in [-0.3, -0.25) is 9.78 Å². The van der Waals surface area contributed by atoms with Gasteiger partial charge in [0.25, 0.3) is 5.91 Å². The smallest absolute Gasteiger partial charge is 0.254 e. The van der Waals surface area contributed by atoms with Crippen molar-refractivity contribution in [3.05, 3.63) is 77.1 Å². The molecule has 0 radical (unpaired) electrons. The van der Waals surface area contributed by atoms with Crippen LogP contribution in [0, 0.1) is 0 Å². The zero-order chi connectivity index (χ0) is 37.4. The largest absolute Gasteiger partial charge is 0.490 e. The molecule has 5 atom stereocenters. The molecule has 0 bridgehead atoms. The third kappa shape index (κ3) is 10.3. The Labute approximate surface area is 319 Å². The Morgan fingerprint density at radius 1 is 0.962 bits per heavy atom. The van der Waals surface area contributed by atoms with E-state index in [9.17, 15) is 25.2 Å². The fourth-order valence-electron chi connectivity index (χ4n) is 6.41. The van der Waals surface area contributed by atoms with Gasteiger partial charge in [0.15, 0.2) is 12.4 Å². The Bertz CT molecular complexity index is 1660. The quantitative estimate of drug-likeness (QED) is 0.0826. The fraction of sp³-hybridized carbons (Fsp3) is 0.538. The van der Waals surface area contributed by atoms with Gasteiger partial charge in [-0.25, -0.2) is 0 Å². The summed E-state index contributed by atoms with van der Waals surface area (Å²) in [5.74, 6) is 1.10. The molecular formula is C39H49ClN2O10S. The van der Waals surface area contributed by atoms with Crippen molar-refractivity contribution < 1.29 is 49.3 Å². The number of unbranched alkanes of at least 4 members (excludes halogenated alkanes) is 2. The van der Waals surface area contributed by atoms with Gasteiger partial charge in [-0.05, 0) is 85.7 Å². The Morgan fingerprint density at radius 2 is 1.77 bits per heavy atom. The molecular weight excluding hydrogens is 724 g/mol. The van der Waals surface area contributed by atoms with E-state index in [4.69, 9.17) is 35.7 Å². The number of benzene rings is 2. The molecule has 1 amide bonds. The first-order valence-electron chi connectivity index (χ1n) is 18.3. The summed E-state index contributed by atoms with van der Waals surface area (Å²) in [6, 6.07) is 16.2. The first kappa shape index (κ1) is 39.9. The van der Waals surface area contributed by atoms with E-state index in [0.29, 0.717) is 24.6 Å². The lowest BCUT2D eigenvalue weighted by Crippen LogP contribution is -2.62. The van der Waals surface area contributed by atoms with Crippen molar-refractivity contribution in [2.75, 3.05) is 38.7 Å². The predicted molar refractivity (Wildman–Crippen MR) is 198 cm³/mol. The van der Waals surface area contributed by atoms with Gasteiger partial charge in [-0.15, -0.1) is 11.8 Å². The SMILES string of the molecule is O=C([C@H]1OC(O)[C@H](O)[C@@H](O)[C@@H]1O)N(CCCCCSc1ccc(Cl)c(COC2(c3cnccc3-c3ccccc3OC3CC3)CC2)c1)CCOCCO. The zero-order valence-electron chi connectivity index (χ0n) is 29.6. The molecule has 3 fully saturated rings. The normalized spacial score (nSPS) is 23.5. The van der Waals surface area contributed by atoms with Crippen LogP contribution in [0.5, 0.6) is 5.75 Å². The van der Waals surface area contributed by atoms with Crippen LogP contribution in [0.4, 0.5) is 0 Å². The van der Waals surface area contributed by atoms with E-state index in [1.54, 1.807) is 11.8 Å². The number of ether oxygens (including phenoxy) is 4. The third-order valence-corrected chi connectivity index (χ3v) is 11.2. The van der Waals surface area contributed by atoms with Gasteiger partial charge in [0, 0.05) is 46.5 Å². The van der Waals surface area contributed by atoms with Gasteiger partial charge in [0.2, 0.25) is 0 Å². The van der Waals surface area contributed by atoms with Crippen molar-refractivity contribution in [1.29, 1.82) is 0 Å². The fourth-order valence-corrected chi connectivity index (χ4v) is 7.56. The number of hydrogen-bond donors (Lipinski definition) is 5. The van der Waals surface area contributed by atoms with Gasteiger partial charge in [-0.2, -0.15) is 0 Å². The summed E-state index contributed by atoms with van der Waals surface area (Å²) in [5, 5.41) is 49.8. The number of pyridine rings is 1. The van der Waals surface area contributed by atoms with Crippen molar-refractivity contribution in [2.24, 2.45) is 0 Å². The number of para-hydroxylation sites is 1. The molecule has 288 valence electrons. The monoisotopic (exact) mass is 772 g/mol. The molecule has 12 nitrogen and oxygen atoms in total. The molecule has 1 unspecified atom stereocenters. The van der Waals surface area contributed by atoms with Crippen molar-refractivity contribution in [3.63, 3.8) is 0 Å². The second-order valence-corrected chi connectivity index (χ2v) is 15.3. The molecule has 1 aliphatic heterocycles. The molecule has 14 heteroatoms. The van der Waals surface area contributed by atoms with E-state index in [1.807, 2.05) is 48.8 Å². The van der Waals surface area contributed by atoms with Crippen molar-refractivity contribution >= 4 is 29.3 Å². The first-order chi connectivity index (χ1) is 25.7. The Kier molecular flexibility index (Phi) is 14.0. The highest BCUT2D eigenvalue weighted by molar-refractivity contribution is 7.99. The molecule has 0 spiro atoms. The molecule has 2 saturated carbocycles. The van der Waals surface area contributed by atoms with E-state index >= 15 is 0 Å². The lowest BCUT2D eigenvalue weighted by molar-refractivity contribution is -0.278. The number of nitrogens with zero attached hydrogens (tertiary/aromatic N) is 2. The highest BCUT2D eigenvalue weighted by Crippen LogP contribution is 2.53. The Morgan fingerprint density at radius 3 is 2.55 bits per heavy atom. The topological polar surface area (TPSA) is 171 Å². The van der Waals surface area contributed by atoms with E-state index in [-0.39, 0.29) is 32.5 Å². The van der Waals surface area contributed by atoms with Crippen molar-refractivity contribution in [2.45, 2.75) is 98.9 Å². The van der Waals surface area contributed by atoms with Crippen LogP contribution in [0.25, 0.3) is 11.1 Å². The number of hydrogen-bond acceptors (Lipinski definition) is 12. The van der Waals surface area contributed by atoms with E-state index in [1.165, 1.54) is 4.90 Å². The Hall–Kier alpha value is -2.82. The molecule has 53 heavy (non-hydrogen) atoms. The highest BCUT2D eigenvalue weighted by Gasteiger charge is 2.48. The van der Waals surface area contributed by atoms with Gasteiger partial charge in [0.05, 0.1) is 38.1 Å². The number of amides is 1. The maximum Gasteiger partial charge on any atom is 0.254 e. The molecule has 5 N–H and O–H groups in total.